The van der Waals surface area contributed by atoms with Crippen LogP contribution in [0.15, 0.2) is 58.6 Å². The number of thioether (sulfide) groups is 1. The number of sulfonamides is 1. The SMILES string of the molecule is NS(=O)(=O)c1cccc(NC(=O)CSc2n[nH]c(-c3ccccc3F)n2)c1. The maximum Gasteiger partial charge on any atom is 0.238 e. The zero-order valence-electron chi connectivity index (χ0n) is 13.7. The molecule has 8 nitrogen and oxygen atoms in total. The third-order valence-electron chi connectivity index (χ3n) is 3.37. The van der Waals surface area contributed by atoms with Gasteiger partial charge in [0.05, 0.1) is 16.2 Å². The Morgan fingerprint density at radius 2 is 2.00 bits per heavy atom. The number of carbonyl (C=O) groups is 1. The van der Waals surface area contributed by atoms with E-state index in [1.807, 2.05) is 0 Å². The number of benzene rings is 2. The van der Waals surface area contributed by atoms with Crippen LogP contribution in [0.25, 0.3) is 11.4 Å². The zero-order valence-corrected chi connectivity index (χ0v) is 15.3. The third kappa shape index (κ3) is 4.90. The number of H-pyrrole nitrogens is 1. The van der Waals surface area contributed by atoms with Crippen molar-refractivity contribution in [3.63, 3.8) is 0 Å². The number of carbonyl (C=O) groups excluding carboxylic acids is 1. The van der Waals surface area contributed by atoms with Gasteiger partial charge in [0, 0.05) is 5.69 Å². The molecule has 140 valence electrons. The van der Waals surface area contributed by atoms with Gasteiger partial charge in [-0.3, -0.25) is 9.89 Å². The van der Waals surface area contributed by atoms with Crippen LogP contribution < -0.4 is 10.5 Å². The summed E-state index contributed by atoms with van der Waals surface area (Å²) in [5.41, 5.74) is 0.579. The molecule has 3 aromatic rings. The molecule has 0 aliphatic rings. The number of nitrogens with one attached hydrogen (secondary N) is 2. The fourth-order valence-electron chi connectivity index (χ4n) is 2.16. The van der Waals surface area contributed by atoms with E-state index in [1.54, 1.807) is 24.3 Å². The van der Waals surface area contributed by atoms with Crippen LogP contribution in [0.4, 0.5) is 10.1 Å². The number of anilines is 1. The number of hydrogen-bond donors (Lipinski definition) is 3. The summed E-state index contributed by atoms with van der Waals surface area (Å²) in [4.78, 5) is 16.1. The molecule has 0 aliphatic heterocycles. The number of nitrogens with zero attached hydrogens (tertiary/aromatic N) is 2. The first-order valence-corrected chi connectivity index (χ1v) is 10.1. The van der Waals surface area contributed by atoms with Crippen molar-refractivity contribution in [1.29, 1.82) is 0 Å². The van der Waals surface area contributed by atoms with Gasteiger partial charge in [-0.2, -0.15) is 0 Å². The molecule has 3 rings (SSSR count). The fraction of sp³-hybridized carbons (Fsp3) is 0.0625. The van der Waals surface area contributed by atoms with Crippen molar-refractivity contribution in [2.24, 2.45) is 5.14 Å². The first-order chi connectivity index (χ1) is 12.8. The number of aromatic nitrogens is 3. The van der Waals surface area contributed by atoms with E-state index < -0.39 is 15.8 Å². The predicted molar refractivity (Wildman–Crippen MR) is 98.9 cm³/mol. The molecular weight excluding hydrogens is 393 g/mol. The van der Waals surface area contributed by atoms with Crippen molar-refractivity contribution in [1.82, 2.24) is 15.2 Å². The highest BCUT2D eigenvalue weighted by atomic mass is 32.2. The molecule has 0 spiro atoms. The van der Waals surface area contributed by atoms with E-state index in [0.717, 1.165) is 11.8 Å². The quantitative estimate of drug-likeness (QED) is 0.536. The molecule has 1 heterocycles. The minimum atomic E-state index is -3.85. The molecule has 1 aromatic heterocycles. The van der Waals surface area contributed by atoms with Crippen LogP contribution in [0.3, 0.4) is 0 Å². The van der Waals surface area contributed by atoms with Gasteiger partial charge >= 0.3 is 0 Å². The Labute approximate surface area is 158 Å². The number of primary sulfonamides is 1. The third-order valence-corrected chi connectivity index (χ3v) is 5.13. The van der Waals surface area contributed by atoms with Gasteiger partial charge in [0.1, 0.15) is 5.82 Å². The number of hydrogen-bond acceptors (Lipinski definition) is 6. The van der Waals surface area contributed by atoms with E-state index in [-0.39, 0.29) is 33.1 Å². The van der Waals surface area contributed by atoms with Gasteiger partial charge in [-0.05, 0) is 30.3 Å². The average Bonchev–Trinajstić information content (AvgIpc) is 3.09. The lowest BCUT2D eigenvalue weighted by molar-refractivity contribution is -0.113. The van der Waals surface area contributed by atoms with Crippen molar-refractivity contribution in [3.05, 3.63) is 54.3 Å². The maximum atomic E-state index is 13.7. The molecule has 0 radical (unpaired) electrons. The molecule has 0 saturated carbocycles. The summed E-state index contributed by atoms with van der Waals surface area (Å²) in [7, 11) is -3.85. The van der Waals surface area contributed by atoms with Gasteiger partial charge in [0.25, 0.3) is 0 Å². The van der Waals surface area contributed by atoms with Crippen molar-refractivity contribution < 1.29 is 17.6 Å². The summed E-state index contributed by atoms with van der Waals surface area (Å²) >= 11 is 1.05. The van der Waals surface area contributed by atoms with E-state index in [2.05, 4.69) is 20.5 Å². The highest BCUT2D eigenvalue weighted by Crippen LogP contribution is 2.22. The van der Waals surface area contributed by atoms with Crippen LogP contribution in [0, 0.1) is 5.82 Å². The van der Waals surface area contributed by atoms with Gasteiger partial charge in [-0.15, -0.1) is 5.10 Å². The Morgan fingerprint density at radius 3 is 2.74 bits per heavy atom. The molecule has 11 heteroatoms. The minimum absolute atomic E-state index is 0.0197. The first kappa shape index (κ1) is 19.0. The molecule has 4 N–H and O–H groups in total. The molecule has 0 unspecified atom stereocenters. The molecular formula is C16H14FN5O3S2. The molecule has 0 bridgehead atoms. The lowest BCUT2D eigenvalue weighted by Gasteiger charge is -2.05. The Morgan fingerprint density at radius 1 is 1.22 bits per heavy atom. The summed E-state index contributed by atoms with van der Waals surface area (Å²) in [6.45, 7) is 0. The van der Waals surface area contributed by atoms with Gasteiger partial charge < -0.3 is 5.32 Å². The van der Waals surface area contributed by atoms with Crippen LogP contribution in [0.5, 0.6) is 0 Å². The Balaban J connectivity index is 1.61. The summed E-state index contributed by atoms with van der Waals surface area (Å²) in [5, 5.41) is 14.5. The van der Waals surface area contributed by atoms with E-state index in [9.17, 15) is 17.6 Å². The second-order valence-corrected chi connectivity index (χ2v) is 7.86. The van der Waals surface area contributed by atoms with Crippen LogP contribution in [-0.4, -0.2) is 35.3 Å². The van der Waals surface area contributed by atoms with E-state index in [1.165, 1.54) is 24.3 Å². The Kier molecular flexibility index (Phi) is 5.54. The van der Waals surface area contributed by atoms with Gasteiger partial charge in [0.15, 0.2) is 5.82 Å². The van der Waals surface area contributed by atoms with E-state index in [0.29, 0.717) is 5.69 Å². The summed E-state index contributed by atoms with van der Waals surface area (Å²) in [6.07, 6.45) is 0. The normalized spacial score (nSPS) is 11.3. The van der Waals surface area contributed by atoms with E-state index in [4.69, 9.17) is 5.14 Å². The Hall–Kier alpha value is -2.76. The second kappa shape index (κ2) is 7.86. The largest absolute Gasteiger partial charge is 0.325 e. The van der Waals surface area contributed by atoms with Crippen LogP contribution in [0.2, 0.25) is 0 Å². The summed E-state index contributed by atoms with van der Waals surface area (Å²) in [5.74, 6) is -0.577. The highest BCUT2D eigenvalue weighted by Gasteiger charge is 2.13. The molecule has 0 aliphatic carbocycles. The van der Waals surface area contributed by atoms with Crippen LogP contribution in [0.1, 0.15) is 0 Å². The van der Waals surface area contributed by atoms with Gasteiger partial charge in [-0.1, -0.05) is 30.0 Å². The molecule has 0 saturated heterocycles. The number of amides is 1. The Bertz CT molecular complexity index is 1080. The standard InChI is InChI=1S/C16H14FN5O3S2/c17-13-7-2-1-6-12(13)15-20-16(22-21-15)26-9-14(23)19-10-4-3-5-11(8-10)27(18,24)25/h1-8H,9H2,(H,19,23)(H2,18,24,25)(H,20,21,22). The molecule has 0 fully saturated rings. The van der Waals surface area contributed by atoms with Gasteiger partial charge in [0.2, 0.25) is 21.1 Å². The first-order valence-electron chi connectivity index (χ1n) is 7.56. The summed E-state index contributed by atoms with van der Waals surface area (Å²) in [6, 6.07) is 11.7. The minimum Gasteiger partial charge on any atom is -0.325 e. The second-order valence-electron chi connectivity index (χ2n) is 5.36. The van der Waals surface area contributed by atoms with Gasteiger partial charge in [-0.25, -0.2) is 22.9 Å². The monoisotopic (exact) mass is 407 g/mol. The number of rotatable bonds is 6. The van der Waals surface area contributed by atoms with E-state index >= 15 is 0 Å². The maximum absolute atomic E-state index is 13.7. The molecule has 1 amide bonds. The fourth-order valence-corrected chi connectivity index (χ4v) is 3.32. The topological polar surface area (TPSA) is 131 Å². The molecule has 27 heavy (non-hydrogen) atoms. The predicted octanol–water partition coefficient (Wildman–Crippen LogP) is 1.99. The summed E-state index contributed by atoms with van der Waals surface area (Å²) < 4.78 is 36.4. The lowest BCUT2D eigenvalue weighted by Crippen LogP contribution is -2.16. The van der Waals surface area contributed by atoms with Crippen LogP contribution in [-0.2, 0) is 14.8 Å². The number of nitrogens with two attached hydrogens (primary N) is 1. The molecule has 2 aromatic carbocycles. The zero-order chi connectivity index (χ0) is 19.4. The highest BCUT2D eigenvalue weighted by molar-refractivity contribution is 7.99. The van der Waals surface area contributed by atoms with Crippen molar-refractivity contribution in [2.45, 2.75) is 10.1 Å². The number of halogens is 1. The smallest absolute Gasteiger partial charge is 0.238 e. The molecule has 0 atom stereocenters. The van der Waals surface area contributed by atoms with Crippen molar-refractivity contribution in [2.75, 3.05) is 11.1 Å². The average molecular weight is 407 g/mol. The van der Waals surface area contributed by atoms with Crippen molar-refractivity contribution >= 4 is 33.4 Å². The van der Waals surface area contributed by atoms with Crippen LogP contribution >= 0.6 is 11.8 Å². The van der Waals surface area contributed by atoms with Crippen molar-refractivity contribution in [3.8, 4) is 11.4 Å². The number of aromatic amines is 1. The lowest BCUT2D eigenvalue weighted by atomic mass is 10.2.